The maximum absolute atomic E-state index is 13.9. The summed E-state index contributed by atoms with van der Waals surface area (Å²) in [6.45, 7) is 6.67. The van der Waals surface area contributed by atoms with Gasteiger partial charge in [-0.2, -0.15) is 15.2 Å². The number of nitriles is 1. The first-order chi connectivity index (χ1) is 22.3. The van der Waals surface area contributed by atoms with Gasteiger partial charge in [0.05, 0.1) is 29.6 Å². The van der Waals surface area contributed by atoms with Crippen LogP contribution in [0.3, 0.4) is 0 Å². The number of benzene rings is 3. The van der Waals surface area contributed by atoms with E-state index < -0.39 is 17.8 Å². The van der Waals surface area contributed by atoms with Crippen LogP contribution in [0.5, 0.6) is 6.01 Å². The van der Waals surface area contributed by atoms with E-state index >= 15 is 0 Å². The lowest BCUT2D eigenvalue weighted by Gasteiger charge is -2.41. The molecular formula is C35H33Cl2FN6O2. The number of aromatic nitrogens is 2. The molecule has 4 aromatic rings. The number of hydrogen-bond acceptors (Lipinski definition) is 7. The molecule has 46 heavy (non-hydrogen) atoms. The molecule has 3 aliphatic heterocycles. The predicted molar refractivity (Wildman–Crippen MR) is 179 cm³/mol. The molecule has 7 rings (SSSR count). The van der Waals surface area contributed by atoms with E-state index in [0.29, 0.717) is 39.9 Å². The Morgan fingerprint density at radius 1 is 1.04 bits per heavy atom. The van der Waals surface area contributed by atoms with Crippen LogP contribution in [0.15, 0.2) is 60.9 Å². The minimum Gasteiger partial charge on any atom is -0.461 e. The van der Waals surface area contributed by atoms with Crippen LogP contribution in [0.25, 0.3) is 32.8 Å². The summed E-state index contributed by atoms with van der Waals surface area (Å²) in [5.41, 5.74) is 2.31. The van der Waals surface area contributed by atoms with Crippen molar-refractivity contribution in [1.82, 2.24) is 19.8 Å². The Labute approximate surface area is 277 Å². The van der Waals surface area contributed by atoms with Crippen molar-refractivity contribution < 1.29 is 13.9 Å². The number of rotatable bonds is 7. The monoisotopic (exact) mass is 658 g/mol. The fourth-order valence-corrected chi connectivity index (χ4v) is 8.10. The fraction of sp³-hybridized carbons (Fsp3) is 0.371. The van der Waals surface area contributed by atoms with E-state index in [1.54, 1.807) is 0 Å². The third-order valence-electron chi connectivity index (χ3n) is 9.77. The van der Waals surface area contributed by atoms with Crippen molar-refractivity contribution in [3.63, 3.8) is 0 Å². The number of fused-ring (bicyclic) bond motifs is 3. The number of carbonyl (C=O) groups is 1. The van der Waals surface area contributed by atoms with Gasteiger partial charge in [0.1, 0.15) is 12.4 Å². The molecule has 0 bridgehead atoms. The molecule has 0 N–H and O–H groups in total. The Kier molecular flexibility index (Phi) is 8.22. The third kappa shape index (κ3) is 5.42. The van der Waals surface area contributed by atoms with E-state index in [9.17, 15) is 14.4 Å². The summed E-state index contributed by atoms with van der Waals surface area (Å²) >= 11 is 13.7. The first-order valence-corrected chi connectivity index (χ1v) is 16.4. The summed E-state index contributed by atoms with van der Waals surface area (Å²) in [4.78, 5) is 28.3. The van der Waals surface area contributed by atoms with Gasteiger partial charge in [0.2, 0.25) is 0 Å². The van der Waals surface area contributed by atoms with Crippen LogP contribution < -0.4 is 9.64 Å². The number of anilines is 1. The van der Waals surface area contributed by atoms with E-state index in [0.717, 1.165) is 60.7 Å². The highest BCUT2D eigenvalue weighted by atomic mass is 35.5. The number of nitrogens with zero attached hydrogens (tertiary/aromatic N) is 6. The Hall–Kier alpha value is -3.97. The first kappa shape index (κ1) is 30.7. The maximum atomic E-state index is 13.9. The van der Waals surface area contributed by atoms with Gasteiger partial charge in [-0.1, -0.05) is 60.1 Å². The molecule has 1 amide bonds. The van der Waals surface area contributed by atoms with Crippen molar-refractivity contribution in [2.45, 2.75) is 43.7 Å². The standard InChI is InChI=1S/C35H33Cl2FN6O2/c1-22(38)33(45)44-17-16-42(20-24(44)10-13-39)32-27-18-29(37)26(25-8-2-6-23-7-3-9-28(36)31(23)25)19-30(27)40-34(41-32)46-21-35-11-4-14-43(35)15-5-12-35/h2-3,6-9,18-19,24H,1,4-5,10-12,14-17,20-21H2/t24-/m0/s1. The molecule has 3 fully saturated rings. The van der Waals surface area contributed by atoms with E-state index in [-0.39, 0.29) is 31.1 Å². The van der Waals surface area contributed by atoms with Crippen LogP contribution in [0.2, 0.25) is 10.0 Å². The van der Waals surface area contributed by atoms with Crippen molar-refractivity contribution in [2.75, 3.05) is 44.2 Å². The molecule has 0 saturated carbocycles. The smallest absolute Gasteiger partial charge is 0.319 e. The summed E-state index contributed by atoms with van der Waals surface area (Å²) in [6.07, 6.45) is 4.50. The van der Waals surface area contributed by atoms with Crippen LogP contribution >= 0.6 is 23.2 Å². The van der Waals surface area contributed by atoms with Crippen LogP contribution in [-0.2, 0) is 4.79 Å². The van der Waals surface area contributed by atoms with Gasteiger partial charge < -0.3 is 14.5 Å². The van der Waals surface area contributed by atoms with Gasteiger partial charge in [0.25, 0.3) is 5.91 Å². The molecule has 0 unspecified atom stereocenters. The van der Waals surface area contributed by atoms with E-state index in [2.05, 4.69) is 17.5 Å². The molecule has 1 aromatic heterocycles. The van der Waals surface area contributed by atoms with E-state index in [4.69, 9.17) is 37.9 Å². The van der Waals surface area contributed by atoms with Crippen LogP contribution in [0.1, 0.15) is 32.1 Å². The molecule has 3 aliphatic rings. The minimum absolute atomic E-state index is 0.00196. The molecule has 236 valence electrons. The quantitative estimate of drug-likeness (QED) is 0.195. The van der Waals surface area contributed by atoms with Crippen molar-refractivity contribution >= 4 is 56.6 Å². The largest absolute Gasteiger partial charge is 0.461 e. The highest BCUT2D eigenvalue weighted by Gasteiger charge is 2.45. The summed E-state index contributed by atoms with van der Waals surface area (Å²) < 4.78 is 20.3. The normalized spacial score (nSPS) is 19.4. The molecule has 4 heterocycles. The van der Waals surface area contributed by atoms with E-state index in [1.807, 2.05) is 53.4 Å². The summed E-state index contributed by atoms with van der Waals surface area (Å²) in [5, 5.41) is 13.3. The topological polar surface area (TPSA) is 85.6 Å². The number of carbonyl (C=O) groups excluding carboxylic acids is 1. The molecule has 3 aromatic carbocycles. The van der Waals surface area contributed by atoms with E-state index in [1.165, 1.54) is 4.90 Å². The first-order valence-electron chi connectivity index (χ1n) is 15.6. The number of ether oxygens (including phenoxy) is 1. The zero-order valence-electron chi connectivity index (χ0n) is 25.3. The Balaban J connectivity index is 1.32. The summed E-state index contributed by atoms with van der Waals surface area (Å²) in [5.74, 6) is -1.25. The Morgan fingerprint density at radius 2 is 1.80 bits per heavy atom. The second-order valence-electron chi connectivity index (χ2n) is 12.4. The van der Waals surface area contributed by atoms with Crippen molar-refractivity contribution in [3.05, 3.63) is 71.0 Å². The van der Waals surface area contributed by atoms with Gasteiger partial charge in [-0.15, -0.1) is 0 Å². The highest BCUT2D eigenvalue weighted by molar-refractivity contribution is 6.38. The minimum atomic E-state index is -1.04. The molecular weight excluding hydrogens is 626 g/mol. The fourth-order valence-electron chi connectivity index (χ4n) is 7.55. The van der Waals surface area contributed by atoms with Crippen molar-refractivity contribution in [1.29, 1.82) is 5.26 Å². The summed E-state index contributed by atoms with van der Waals surface area (Å²) in [6, 6.07) is 17.4. The maximum Gasteiger partial charge on any atom is 0.319 e. The zero-order chi connectivity index (χ0) is 32.0. The van der Waals surface area contributed by atoms with Crippen LogP contribution in [0.4, 0.5) is 10.2 Å². The molecule has 0 spiro atoms. The Bertz CT molecular complexity index is 1900. The van der Waals surface area contributed by atoms with Gasteiger partial charge in [0.15, 0.2) is 5.83 Å². The molecule has 0 aliphatic carbocycles. The van der Waals surface area contributed by atoms with Gasteiger partial charge in [-0.05, 0) is 67.9 Å². The average Bonchev–Trinajstić information content (AvgIpc) is 3.64. The number of hydrogen-bond donors (Lipinski definition) is 0. The molecule has 1 atom stereocenters. The lowest BCUT2D eigenvalue weighted by atomic mass is 9.95. The van der Waals surface area contributed by atoms with Gasteiger partial charge in [-0.3, -0.25) is 9.69 Å². The lowest BCUT2D eigenvalue weighted by Crippen LogP contribution is -2.55. The number of piperazine rings is 1. The molecule has 11 heteroatoms. The van der Waals surface area contributed by atoms with Gasteiger partial charge in [-0.25, -0.2) is 4.39 Å². The van der Waals surface area contributed by atoms with Gasteiger partial charge in [0, 0.05) is 46.0 Å². The average molecular weight is 660 g/mol. The second kappa shape index (κ2) is 12.3. The third-order valence-corrected chi connectivity index (χ3v) is 10.4. The Morgan fingerprint density at radius 3 is 2.54 bits per heavy atom. The molecule has 0 radical (unpaired) electrons. The second-order valence-corrected chi connectivity index (χ2v) is 13.2. The number of halogens is 3. The zero-order valence-corrected chi connectivity index (χ0v) is 26.8. The SMILES string of the molecule is C=C(F)C(=O)N1CCN(c2nc(OCC34CCCN3CCC4)nc3cc(-c4cccc5cccc(Cl)c45)c(Cl)cc23)C[C@@H]1CC#N. The predicted octanol–water partition coefficient (Wildman–Crippen LogP) is 7.18. The van der Waals surface area contributed by atoms with Crippen LogP contribution in [-0.4, -0.2) is 76.6 Å². The lowest BCUT2D eigenvalue weighted by molar-refractivity contribution is -0.131. The highest BCUT2D eigenvalue weighted by Crippen LogP contribution is 2.42. The molecule has 3 saturated heterocycles. The summed E-state index contributed by atoms with van der Waals surface area (Å²) in [7, 11) is 0. The van der Waals surface area contributed by atoms with Crippen molar-refractivity contribution in [3.8, 4) is 23.2 Å². The number of amides is 1. The van der Waals surface area contributed by atoms with Crippen molar-refractivity contribution in [2.24, 2.45) is 0 Å². The van der Waals surface area contributed by atoms with Crippen LogP contribution in [0, 0.1) is 11.3 Å². The van der Waals surface area contributed by atoms with Gasteiger partial charge >= 0.3 is 6.01 Å². The molecule has 8 nitrogen and oxygen atoms in total.